The molecule has 1 N–H and O–H groups in total. The maximum atomic E-state index is 12.9. The molecule has 1 heterocycles. The van der Waals surface area contributed by atoms with Crippen molar-refractivity contribution < 1.29 is 18.7 Å². The predicted molar refractivity (Wildman–Crippen MR) is 97.2 cm³/mol. The molecule has 1 fully saturated rings. The number of carbonyl (C=O) groups is 2. The molecule has 0 aromatic heterocycles. The number of benzene rings is 1. The Kier molecular flexibility index (Phi) is 8.50. The number of hydrogen-bond donors (Lipinski definition) is 1. The number of amides is 2. The van der Waals surface area contributed by atoms with Crippen molar-refractivity contribution in [2.24, 2.45) is 0 Å². The van der Waals surface area contributed by atoms with Gasteiger partial charge in [-0.1, -0.05) is 12.1 Å². The lowest BCUT2D eigenvalue weighted by Gasteiger charge is -2.26. The lowest BCUT2D eigenvalue weighted by atomic mass is 10.1. The fourth-order valence-corrected chi connectivity index (χ4v) is 2.84. The molecule has 7 heteroatoms. The SMILES string of the molecule is CC(=O)N(CCC(=O)NCCN1CCOCC1)CCc1ccc(F)cc1. The van der Waals surface area contributed by atoms with Crippen LogP contribution in [0, 0.1) is 5.82 Å². The van der Waals surface area contributed by atoms with E-state index in [1.54, 1.807) is 17.0 Å². The minimum absolute atomic E-state index is 0.0497. The molecule has 0 aliphatic carbocycles. The summed E-state index contributed by atoms with van der Waals surface area (Å²) in [6, 6.07) is 6.25. The van der Waals surface area contributed by atoms with Crippen molar-refractivity contribution in [3.63, 3.8) is 0 Å². The first-order valence-electron chi connectivity index (χ1n) is 9.11. The second-order valence-electron chi connectivity index (χ2n) is 6.44. The van der Waals surface area contributed by atoms with Crippen LogP contribution in [0.2, 0.25) is 0 Å². The van der Waals surface area contributed by atoms with Crippen LogP contribution in [-0.2, 0) is 20.7 Å². The van der Waals surface area contributed by atoms with Gasteiger partial charge in [0, 0.05) is 52.6 Å². The van der Waals surface area contributed by atoms with Gasteiger partial charge >= 0.3 is 0 Å². The molecule has 0 bridgehead atoms. The number of nitrogens with one attached hydrogen (secondary N) is 1. The fraction of sp³-hybridized carbons (Fsp3) is 0.579. The Bertz CT molecular complexity index is 574. The smallest absolute Gasteiger partial charge is 0.221 e. The molecule has 1 aliphatic rings. The molecule has 0 unspecified atom stereocenters. The van der Waals surface area contributed by atoms with E-state index in [4.69, 9.17) is 4.74 Å². The summed E-state index contributed by atoms with van der Waals surface area (Å²) in [5, 5.41) is 2.90. The minimum atomic E-state index is -0.272. The summed E-state index contributed by atoms with van der Waals surface area (Å²) in [6.45, 7) is 7.12. The maximum Gasteiger partial charge on any atom is 0.221 e. The Morgan fingerprint density at radius 1 is 1.19 bits per heavy atom. The van der Waals surface area contributed by atoms with Gasteiger partial charge in [-0.15, -0.1) is 0 Å². The third-order valence-electron chi connectivity index (χ3n) is 4.49. The van der Waals surface area contributed by atoms with E-state index in [9.17, 15) is 14.0 Å². The van der Waals surface area contributed by atoms with Gasteiger partial charge in [0.2, 0.25) is 11.8 Å². The Hall–Kier alpha value is -1.99. The zero-order chi connectivity index (χ0) is 18.8. The highest BCUT2D eigenvalue weighted by Gasteiger charge is 2.13. The quantitative estimate of drug-likeness (QED) is 0.711. The summed E-state index contributed by atoms with van der Waals surface area (Å²) >= 11 is 0. The van der Waals surface area contributed by atoms with Gasteiger partial charge in [-0.2, -0.15) is 0 Å². The van der Waals surface area contributed by atoms with Crippen LogP contribution < -0.4 is 5.32 Å². The van der Waals surface area contributed by atoms with Gasteiger partial charge in [0.15, 0.2) is 0 Å². The number of nitrogens with zero attached hydrogens (tertiary/aromatic N) is 2. The monoisotopic (exact) mass is 365 g/mol. The highest BCUT2D eigenvalue weighted by molar-refractivity contribution is 5.78. The average Bonchev–Trinajstić information content (AvgIpc) is 2.63. The molecule has 6 nitrogen and oxygen atoms in total. The number of hydrogen-bond acceptors (Lipinski definition) is 4. The molecule has 0 radical (unpaired) electrons. The van der Waals surface area contributed by atoms with Crippen LogP contribution in [-0.4, -0.2) is 74.1 Å². The highest BCUT2D eigenvalue weighted by atomic mass is 19.1. The van der Waals surface area contributed by atoms with Gasteiger partial charge in [-0.05, 0) is 24.1 Å². The van der Waals surface area contributed by atoms with Gasteiger partial charge in [0.1, 0.15) is 5.82 Å². The summed E-state index contributed by atoms with van der Waals surface area (Å²) in [7, 11) is 0. The van der Waals surface area contributed by atoms with E-state index in [0.29, 0.717) is 26.1 Å². The summed E-state index contributed by atoms with van der Waals surface area (Å²) < 4.78 is 18.2. The molecule has 1 saturated heterocycles. The fourth-order valence-electron chi connectivity index (χ4n) is 2.84. The van der Waals surface area contributed by atoms with Crippen LogP contribution >= 0.6 is 0 Å². The summed E-state index contributed by atoms with van der Waals surface area (Å²) in [5.41, 5.74) is 0.965. The first kappa shape index (κ1) is 20.3. The van der Waals surface area contributed by atoms with Gasteiger partial charge < -0.3 is 15.0 Å². The lowest BCUT2D eigenvalue weighted by Crippen LogP contribution is -2.42. The second-order valence-corrected chi connectivity index (χ2v) is 6.44. The molecule has 26 heavy (non-hydrogen) atoms. The molecule has 144 valence electrons. The molecule has 1 aliphatic heterocycles. The van der Waals surface area contributed by atoms with E-state index < -0.39 is 0 Å². The summed E-state index contributed by atoms with van der Waals surface area (Å²) in [6.07, 6.45) is 0.921. The molecule has 2 rings (SSSR count). The molecule has 2 amide bonds. The zero-order valence-corrected chi connectivity index (χ0v) is 15.4. The Balaban J connectivity index is 1.65. The molecule has 1 aromatic rings. The van der Waals surface area contributed by atoms with Crippen molar-refractivity contribution in [1.82, 2.24) is 15.1 Å². The number of rotatable bonds is 9. The Morgan fingerprint density at radius 2 is 1.88 bits per heavy atom. The molecule has 0 spiro atoms. The van der Waals surface area contributed by atoms with E-state index in [2.05, 4.69) is 10.2 Å². The second kappa shape index (κ2) is 10.9. The van der Waals surface area contributed by atoms with Crippen molar-refractivity contribution in [3.05, 3.63) is 35.6 Å². The number of ether oxygens (including phenoxy) is 1. The lowest BCUT2D eigenvalue weighted by molar-refractivity contribution is -0.129. The van der Waals surface area contributed by atoms with E-state index in [1.807, 2.05) is 0 Å². The van der Waals surface area contributed by atoms with Crippen LogP contribution in [0.25, 0.3) is 0 Å². The van der Waals surface area contributed by atoms with Gasteiger partial charge in [0.25, 0.3) is 0 Å². The van der Waals surface area contributed by atoms with Crippen molar-refractivity contribution in [2.45, 2.75) is 19.8 Å². The molecular weight excluding hydrogens is 337 g/mol. The van der Waals surface area contributed by atoms with Gasteiger partial charge in [0.05, 0.1) is 13.2 Å². The van der Waals surface area contributed by atoms with Crippen LogP contribution in [0.1, 0.15) is 18.9 Å². The third-order valence-corrected chi connectivity index (χ3v) is 4.49. The average molecular weight is 365 g/mol. The van der Waals surface area contributed by atoms with E-state index >= 15 is 0 Å². The van der Waals surface area contributed by atoms with Crippen molar-refractivity contribution in [3.8, 4) is 0 Å². The van der Waals surface area contributed by atoms with Crippen LogP contribution in [0.15, 0.2) is 24.3 Å². The number of halogens is 1. The summed E-state index contributed by atoms with van der Waals surface area (Å²) in [4.78, 5) is 27.7. The Morgan fingerprint density at radius 3 is 2.54 bits per heavy atom. The van der Waals surface area contributed by atoms with Crippen LogP contribution in [0.4, 0.5) is 4.39 Å². The third kappa shape index (κ3) is 7.49. The molecule has 0 atom stereocenters. The summed E-state index contributed by atoms with van der Waals surface area (Å²) in [5.74, 6) is -0.384. The first-order valence-corrected chi connectivity index (χ1v) is 9.11. The van der Waals surface area contributed by atoms with E-state index in [0.717, 1.165) is 38.4 Å². The highest BCUT2D eigenvalue weighted by Crippen LogP contribution is 2.05. The predicted octanol–water partition coefficient (Wildman–Crippen LogP) is 1.06. The normalized spacial score (nSPS) is 14.8. The van der Waals surface area contributed by atoms with Crippen molar-refractivity contribution >= 4 is 11.8 Å². The largest absolute Gasteiger partial charge is 0.379 e. The maximum absolute atomic E-state index is 12.9. The van der Waals surface area contributed by atoms with Crippen LogP contribution in [0.3, 0.4) is 0 Å². The number of carbonyl (C=O) groups excluding carboxylic acids is 2. The van der Waals surface area contributed by atoms with E-state index in [1.165, 1.54) is 19.1 Å². The van der Waals surface area contributed by atoms with Crippen LogP contribution in [0.5, 0.6) is 0 Å². The van der Waals surface area contributed by atoms with E-state index in [-0.39, 0.29) is 24.1 Å². The topological polar surface area (TPSA) is 61.9 Å². The van der Waals surface area contributed by atoms with Crippen molar-refractivity contribution in [2.75, 3.05) is 52.5 Å². The molecule has 1 aromatic carbocycles. The first-order chi connectivity index (χ1) is 12.5. The van der Waals surface area contributed by atoms with Gasteiger partial charge in [-0.3, -0.25) is 14.5 Å². The standard InChI is InChI=1S/C19H28FN3O3/c1-16(24)23(9-6-17-2-4-18(20)5-3-17)10-7-19(25)21-8-11-22-12-14-26-15-13-22/h2-5H,6-15H2,1H3,(H,21,25). The zero-order valence-electron chi connectivity index (χ0n) is 15.4. The minimum Gasteiger partial charge on any atom is -0.379 e. The van der Waals surface area contributed by atoms with Crippen molar-refractivity contribution in [1.29, 1.82) is 0 Å². The molecule has 0 saturated carbocycles. The van der Waals surface area contributed by atoms with Gasteiger partial charge in [-0.25, -0.2) is 4.39 Å². The Labute approximate surface area is 154 Å². The molecular formula is C19H28FN3O3. The number of morpholine rings is 1.